The molecule has 2 aromatic carbocycles. The second-order valence-corrected chi connectivity index (χ2v) is 9.61. The highest BCUT2D eigenvalue weighted by molar-refractivity contribution is 7.92. The minimum atomic E-state index is -4.00. The first-order valence-electron chi connectivity index (χ1n) is 10.7. The summed E-state index contributed by atoms with van der Waals surface area (Å²) in [7, 11) is -2.59. The smallest absolute Gasteiger partial charge is 0.339 e. The van der Waals surface area contributed by atoms with Crippen LogP contribution in [0.2, 0.25) is 0 Å². The van der Waals surface area contributed by atoms with Crippen LogP contribution >= 0.6 is 0 Å². The number of urea groups is 1. The third-order valence-corrected chi connectivity index (χ3v) is 7.13. The maximum Gasteiger partial charge on any atom is 0.339 e. The zero-order valence-corrected chi connectivity index (χ0v) is 20.2. The highest BCUT2D eigenvalue weighted by Crippen LogP contribution is 2.26. The van der Waals surface area contributed by atoms with E-state index in [0.29, 0.717) is 30.2 Å². The van der Waals surface area contributed by atoms with Gasteiger partial charge >= 0.3 is 12.0 Å². The molecular formula is C23H27N3O7S. The van der Waals surface area contributed by atoms with Gasteiger partial charge in [-0.25, -0.2) is 18.0 Å². The lowest BCUT2D eigenvalue weighted by molar-refractivity contribution is -0.136. The van der Waals surface area contributed by atoms with Crippen molar-refractivity contribution in [3.8, 4) is 5.75 Å². The van der Waals surface area contributed by atoms with Crippen LogP contribution in [-0.2, 0) is 19.6 Å². The van der Waals surface area contributed by atoms with Gasteiger partial charge in [-0.2, -0.15) is 0 Å². The predicted molar refractivity (Wildman–Crippen MR) is 124 cm³/mol. The van der Waals surface area contributed by atoms with Crippen LogP contribution in [0.4, 0.5) is 10.5 Å². The number of anilines is 1. The Bertz CT molecular complexity index is 1200. The number of hydrogen-bond donors (Lipinski definition) is 1. The topological polar surface area (TPSA) is 122 Å². The van der Waals surface area contributed by atoms with Crippen molar-refractivity contribution >= 4 is 33.6 Å². The van der Waals surface area contributed by atoms with E-state index < -0.39 is 34.0 Å². The summed E-state index contributed by atoms with van der Waals surface area (Å²) in [5, 5.41) is 2.50. The quantitative estimate of drug-likeness (QED) is 0.565. The number of sulfonamides is 1. The van der Waals surface area contributed by atoms with Crippen molar-refractivity contribution in [1.82, 2.24) is 10.2 Å². The number of aryl methyl sites for hydroxylation is 1. The molecule has 1 aliphatic rings. The van der Waals surface area contributed by atoms with Gasteiger partial charge in [0.2, 0.25) is 0 Å². The van der Waals surface area contributed by atoms with Crippen LogP contribution < -0.4 is 14.4 Å². The minimum Gasteiger partial charge on any atom is -0.494 e. The maximum atomic E-state index is 13.2. The summed E-state index contributed by atoms with van der Waals surface area (Å²) in [5.41, 5.74) is 0.897. The lowest BCUT2D eigenvalue weighted by Gasteiger charge is -2.21. The molecule has 34 heavy (non-hydrogen) atoms. The monoisotopic (exact) mass is 489 g/mol. The summed E-state index contributed by atoms with van der Waals surface area (Å²) in [6.07, 6.45) is -1.22. The fraction of sp³-hybridized carbons (Fsp3) is 0.348. The zero-order valence-electron chi connectivity index (χ0n) is 19.4. The van der Waals surface area contributed by atoms with Crippen molar-refractivity contribution in [2.45, 2.75) is 31.8 Å². The molecule has 3 rings (SSSR count). The predicted octanol–water partition coefficient (Wildman–Crippen LogP) is 2.32. The Balaban J connectivity index is 1.80. The molecule has 10 nitrogen and oxygen atoms in total. The Morgan fingerprint density at radius 3 is 2.44 bits per heavy atom. The third kappa shape index (κ3) is 5.14. The van der Waals surface area contributed by atoms with Crippen LogP contribution in [0.3, 0.4) is 0 Å². The number of amides is 3. The first-order chi connectivity index (χ1) is 16.1. The second kappa shape index (κ2) is 10.1. The number of carbonyl (C=O) groups is 3. The molecule has 1 fully saturated rings. The average molecular weight is 490 g/mol. The third-order valence-electron chi connectivity index (χ3n) is 5.35. The Labute approximate surface area is 198 Å². The van der Waals surface area contributed by atoms with Crippen molar-refractivity contribution in [1.29, 1.82) is 0 Å². The fourth-order valence-corrected chi connectivity index (χ4v) is 4.60. The molecule has 2 aromatic rings. The molecule has 0 bridgehead atoms. The SMILES string of the molecule is CCOc1ccc(N(C)S(=O)(=O)c2ccc(C)c(C(=O)O[C@H](C)C(=O)N3CCNC3=O)c2)cc1. The number of benzene rings is 2. The van der Waals surface area contributed by atoms with Crippen molar-refractivity contribution in [2.75, 3.05) is 31.0 Å². The summed E-state index contributed by atoms with van der Waals surface area (Å²) in [5.74, 6) is -0.897. The molecule has 0 saturated carbocycles. The highest BCUT2D eigenvalue weighted by Gasteiger charge is 2.32. The number of nitrogens with zero attached hydrogens (tertiary/aromatic N) is 2. The van der Waals surface area contributed by atoms with Gasteiger partial charge < -0.3 is 14.8 Å². The standard InChI is InChI=1S/C23H27N3O7S/c1-5-32-18-9-7-17(8-10-18)25(4)34(30,31)19-11-6-15(2)20(14-19)22(28)33-16(3)21(27)26-13-12-24-23(26)29/h6-11,14,16H,5,12-13H2,1-4H3,(H,24,29)/t16-/m1/s1. The van der Waals surface area contributed by atoms with E-state index in [-0.39, 0.29) is 17.0 Å². The van der Waals surface area contributed by atoms with Crippen LogP contribution in [-0.4, -0.2) is 64.1 Å². The molecule has 0 aromatic heterocycles. The molecule has 182 valence electrons. The fourth-order valence-electron chi connectivity index (χ4n) is 3.37. The van der Waals surface area contributed by atoms with Crippen LogP contribution in [0.15, 0.2) is 47.4 Å². The molecule has 1 atom stereocenters. The Kier molecular flexibility index (Phi) is 7.45. The molecule has 0 radical (unpaired) electrons. The van der Waals surface area contributed by atoms with Gasteiger partial charge in [-0.15, -0.1) is 0 Å². The summed E-state index contributed by atoms with van der Waals surface area (Å²) in [6, 6.07) is 10.1. The molecule has 1 N–H and O–H groups in total. The molecular weight excluding hydrogens is 462 g/mol. The zero-order chi connectivity index (χ0) is 25.0. The molecule has 1 aliphatic heterocycles. The summed E-state index contributed by atoms with van der Waals surface area (Å²) in [6.45, 7) is 5.84. The van der Waals surface area contributed by atoms with Gasteiger partial charge in [-0.1, -0.05) is 6.07 Å². The van der Waals surface area contributed by atoms with E-state index in [1.54, 1.807) is 31.2 Å². The van der Waals surface area contributed by atoms with Crippen molar-refractivity contribution in [2.24, 2.45) is 0 Å². The number of nitrogens with one attached hydrogen (secondary N) is 1. The number of hydrogen-bond acceptors (Lipinski definition) is 7. The number of ether oxygens (including phenoxy) is 2. The summed E-state index contributed by atoms with van der Waals surface area (Å²) < 4.78 is 38.2. The lowest BCUT2D eigenvalue weighted by Crippen LogP contribution is -2.41. The molecule has 1 saturated heterocycles. The van der Waals surface area contributed by atoms with Gasteiger partial charge in [0, 0.05) is 20.1 Å². The molecule has 0 unspecified atom stereocenters. The molecule has 0 aliphatic carbocycles. The molecule has 11 heteroatoms. The molecule has 1 heterocycles. The van der Waals surface area contributed by atoms with Gasteiger partial charge in [0.05, 0.1) is 22.8 Å². The van der Waals surface area contributed by atoms with Crippen LogP contribution in [0.25, 0.3) is 0 Å². The molecule has 0 spiro atoms. The molecule has 3 amide bonds. The van der Waals surface area contributed by atoms with Gasteiger partial charge in [0.25, 0.3) is 15.9 Å². The normalized spacial score (nSPS) is 14.4. The number of esters is 1. The Hall–Kier alpha value is -3.60. The van der Waals surface area contributed by atoms with Crippen molar-refractivity contribution < 1.29 is 32.3 Å². The average Bonchev–Trinajstić information content (AvgIpc) is 3.24. The van der Waals surface area contributed by atoms with Crippen molar-refractivity contribution in [3.05, 3.63) is 53.6 Å². The Morgan fingerprint density at radius 1 is 1.18 bits per heavy atom. The number of rotatable bonds is 8. The largest absolute Gasteiger partial charge is 0.494 e. The van der Waals surface area contributed by atoms with E-state index in [0.717, 1.165) is 9.21 Å². The second-order valence-electron chi connectivity index (χ2n) is 7.65. The van der Waals surface area contributed by atoms with Gasteiger partial charge in [-0.3, -0.25) is 14.0 Å². The summed E-state index contributed by atoms with van der Waals surface area (Å²) in [4.78, 5) is 37.8. The van der Waals surface area contributed by atoms with E-state index in [1.807, 2.05) is 6.92 Å². The van der Waals surface area contributed by atoms with Crippen LogP contribution in [0.5, 0.6) is 5.75 Å². The van der Waals surface area contributed by atoms with Gasteiger partial charge in [-0.05, 0) is 62.7 Å². The number of carbonyl (C=O) groups excluding carboxylic acids is 3. The van der Waals surface area contributed by atoms with E-state index in [4.69, 9.17) is 9.47 Å². The highest BCUT2D eigenvalue weighted by atomic mass is 32.2. The van der Waals surface area contributed by atoms with Gasteiger partial charge in [0.1, 0.15) is 5.75 Å². The first-order valence-corrected chi connectivity index (χ1v) is 12.1. The lowest BCUT2D eigenvalue weighted by atomic mass is 10.1. The van der Waals surface area contributed by atoms with Crippen LogP contribution in [0.1, 0.15) is 29.8 Å². The van der Waals surface area contributed by atoms with E-state index in [9.17, 15) is 22.8 Å². The minimum absolute atomic E-state index is 0.00620. The summed E-state index contributed by atoms with van der Waals surface area (Å²) >= 11 is 0. The van der Waals surface area contributed by atoms with E-state index >= 15 is 0 Å². The van der Waals surface area contributed by atoms with E-state index in [2.05, 4.69) is 5.32 Å². The Morgan fingerprint density at radius 2 is 1.85 bits per heavy atom. The van der Waals surface area contributed by atoms with Crippen LogP contribution in [0, 0.1) is 6.92 Å². The van der Waals surface area contributed by atoms with E-state index in [1.165, 1.54) is 32.2 Å². The number of imide groups is 1. The van der Waals surface area contributed by atoms with Gasteiger partial charge in [0.15, 0.2) is 6.10 Å². The first kappa shape index (κ1) is 25.0. The maximum absolute atomic E-state index is 13.2. The van der Waals surface area contributed by atoms with Crippen molar-refractivity contribution in [3.63, 3.8) is 0 Å².